The van der Waals surface area contributed by atoms with Gasteiger partial charge in [-0.3, -0.25) is 0 Å². The van der Waals surface area contributed by atoms with E-state index in [0.29, 0.717) is 0 Å². The monoisotopic (exact) mass is 229 g/mol. The number of nitrogens with zero attached hydrogens (tertiary/aromatic N) is 2. The van der Waals surface area contributed by atoms with E-state index in [4.69, 9.17) is 0 Å². The first kappa shape index (κ1) is 10.4. The molecule has 1 unspecified atom stereocenters. The Bertz CT molecular complexity index is 279. The highest BCUT2D eigenvalue weighted by atomic mass is 32.2. The summed E-state index contributed by atoms with van der Waals surface area (Å²) in [6, 6.07) is 0. The van der Waals surface area contributed by atoms with E-state index >= 15 is 0 Å². The lowest BCUT2D eigenvalue weighted by Crippen LogP contribution is -2.14. The van der Waals surface area contributed by atoms with Crippen LogP contribution < -0.4 is 5.32 Å². The molecule has 2 rings (SSSR count). The van der Waals surface area contributed by atoms with Crippen molar-refractivity contribution in [3.05, 3.63) is 5.82 Å². The SMILES string of the molecule is Cc1nsc(SC2CCCNCC2)n1. The summed E-state index contributed by atoms with van der Waals surface area (Å²) in [5.74, 6) is 0.907. The molecule has 0 saturated carbocycles. The van der Waals surface area contributed by atoms with Crippen molar-refractivity contribution in [2.75, 3.05) is 13.1 Å². The van der Waals surface area contributed by atoms with Gasteiger partial charge in [0, 0.05) is 5.25 Å². The van der Waals surface area contributed by atoms with Crippen LogP contribution in [0.1, 0.15) is 25.1 Å². The molecule has 0 spiro atoms. The summed E-state index contributed by atoms with van der Waals surface area (Å²) in [4.78, 5) is 4.39. The summed E-state index contributed by atoms with van der Waals surface area (Å²) >= 11 is 3.44. The van der Waals surface area contributed by atoms with Gasteiger partial charge in [0.15, 0.2) is 4.34 Å². The fourth-order valence-corrected chi connectivity index (χ4v) is 3.68. The molecule has 0 aromatic carbocycles. The van der Waals surface area contributed by atoms with E-state index in [0.717, 1.165) is 22.0 Å². The first-order valence-electron chi connectivity index (χ1n) is 5.02. The number of thioether (sulfide) groups is 1. The molecule has 1 saturated heterocycles. The molecule has 1 atom stereocenters. The standard InChI is InChI=1S/C9H15N3S2/c1-7-11-9(14-12-7)13-8-3-2-5-10-6-4-8/h8,10H,2-6H2,1H3. The van der Waals surface area contributed by atoms with Gasteiger partial charge in [0.2, 0.25) is 0 Å². The summed E-state index contributed by atoms with van der Waals surface area (Å²) in [6.07, 6.45) is 3.84. The predicted octanol–water partition coefficient (Wildman–Crippen LogP) is 2.08. The van der Waals surface area contributed by atoms with Gasteiger partial charge >= 0.3 is 0 Å². The Morgan fingerprint density at radius 3 is 3.14 bits per heavy atom. The summed E-state index contributed by atoms with van der Waals surface area (Å²) < 4.78 is 5.33. The molecule has 1 aromatic heterocycles. The maximum absolute atomic E-state index is 4.39. The van der Waals surface area contributed by atoms with E-state index in [1.165, 1.54) is 37.3 Å². The van der Waals surface area contributed by atoms with Crippen LogP contribution in [-0.4, -0.2) is 27.7 Å². The number of hydrogen-bond donors (Lipinski definition) is 1. The zero-order chi connectivity index (χ0) is 9.80. The molecule has 2 heterocycles. The largest absolute Gasteiger partial charge is 0.317 e. The van der Waals surface area contributed by atoms with Crippen LogP contribution in [0, 0.1) is 6.92 Å². The smallest absolute Gasteiger partial charge is 0.170 e. The second-order valence-corrected chi connectivity index (χ2v) is 5.83. The minimum atomic E-state index is 0.734. The molecular formula is C9H15N3S2. The van der Waals surface area contributed by atoms with Crippen molar-refractivity contribution in [2.24, 2.45) is 0 Å². The molecule has 0 radical (unpaired) electrons. The Morgan fingerprint density at radius 2 is 2.36 bits per heavy atom. The first-order chi connectivity index (χ1) is 6.84. The number of aromatic nitrogens is 2. The van der Waals surface area contributed by atoms with E-state index in [1.54, 1.807) is 0 Å². The molecule has 78 valence electrons. The average molecular weight is 229 g/mol. The molecule has 0 bridgehead atoms. The molecule has 1 aliphatic rings. The normalized spacial score (nSPS) is 23.4. The molecular weight excluding hydrogens is 214 g/mol. The van der Waals surface area contributed by atoms with Gasteiger partial charge in [-0.1, -0.05) is 11.8 Å². The van der Waals surface area contributed by atoms with Gasteiger partial charge in [0.25, 0.3) is 0 Å². The van der Waals surface area contributed by atoms with E-state index in [2.05, 4.69) is 14.7 Å². The van der Waals surface area contributed by atoms with Gasteiger partial charge < -0.3 is 5.32 Å². The highest BCUT2D eigenvalue weighted by Gasteiger charge is 2.14. The molecule has 0 aliphatic carbocycles. The predicted molar refractivity (Wildman–Crippen MR) is 61.0 cm³/mol. The van der Waals surface area contributed by atoms with Crippen LogP contribution in [0.2, 0.25) is 0 Å². The molecule has 5 heteroatoms. The maximum atomic E-state index is 4.39. The van der Waals surface area contributed by atoms with Gasteiger partial charge in [0.05, 0.1) is 0 Å². The third kappa shape index (κ3) is 2.93. The van der Waals surface area contributed by atoms with Gasteiger partial charge in [-0.15, -0.1) is 0 Å². The summed E-state index contributed by atoms with van der Waals surface area (Å²) in [5.41, 5.74) is 0. The van der Waals surface area contributed by atoms with Gasteiger partial charge in [-0.2, -0.15) is 4.37 Å². The number of nitrogens with one attached hydrogen (secondary N) is 1. The highest BCUT2D eigenvalue weighted by Crippen LogP contribution is 2.30. The number of aryl methyl sites for hydroxylation is 1. The quantitative estimate of drug-likeness (QED) is 0.842. The number of rotatable bonds is 2. The fourth-order valence-electron chi connectivity index (χ4n) is 1.57. The lowest BCUT2D eigenvalue weighted by molar-refractivity contribution is 0.703. The van der Waals surface area contributed by atoms with E-state index < -0.39 is 0 Å². The van der Waals surface area contributed by atoms with Crippen molar-refractivity contribution in [3.63, 3.8) is 0 Å². The average Bonchev–Trinajstić information content (AvgIpc) is 2.43. The number of hydrogen-bond acceptors (Lipinski definition) is 5. The lowest BCUT2D eigenvalue weighted by atomic mass is 10.2. The van der Waals surface area contributed by atoms with Crippen molar-refractivity contribution in [2.45, 2.75) is 35.8 Å². The minimum Gasteiger partial charge on any atom is -0.317 e. The zero-order valence-electron chi connectivity index (χ0n) is 8.32. The maximum Gasteiger partial charge on any atom is 0.170 e. The molecule has 0 amide bonds. The van der Waals surface area contributed by atoms with Crippen LogP contribution in [0.25, 0.3) is 0 Å². The Labute approximate surface area is 92.9 Å². The van der Waals surface area contributed by atoms with Crippen molar-refractivity contribution < 1.29 is 0 Å². The minimum absolute atomic E-state index is 0.734. The summed E-state index contributed by atoms with van der Waals surface area (Å²) in [6.45, 7) is 4.27. The van der Waals surface area contributed by atoms with E-state index in [1.807, 2.05) is 18.7 Å². The van der Waals surface area contributed by atoms with Crippen molar-refractivity contribution in [1.29, 1.82) is 0 Å². The Morgan fingerprint density at radius 1 is 1.43 bits per heavy atom. The summed E-state index contributed by atoms with van der Waals surface area (Å²) in [7, 11) is 0. The Balaban J connectivity index is 1.89. The van der Waals surface area contributed by atoms with Crippen LogP contribution in [0.15, 0.2) is 4.34 Å². The molecule has 1 N–H and O–H groups in total. The summed E-state index contributed by atoms with van der Waals surface area (Å²) in [5, 5.41) is 4.16. The van der Waals surface area contributed by atoms with E-state index in [9.17, 15) is 0 Å². The van der Waals surface area contributed by atoms with E-state index in [-0.39, 0.29) is 0 Å². The molecule has 14 heavy (non-hydrogen) atoms. The highest BCUT2D eigenvalue weighted by molar-refractivity contribution is 8.01. The first-order valence-corrected chi connectivity index (χ1v) is 6.67. The van der Waals surface area contributed by atoms with Gasteiger partial charge in [0.1, 0.15) is 5.82 Å². The van der Waals surface area contributed by atoms with Crippen LogP contribution in [0.4, 0.5) is 0 Å². The van der Waals surface area contributed by atoms with Crippen LogP contribution in [0.5, 0.6) is 0 Å². The second-order valence-electron chi connectivity index (χ2n) is 3.53. The molecule has 1 fully saturated rings. The lowest BCUT2D eigenvalue weighted by Gasteiger charge is -2.09. The Kier molecular flexibility index (Phi) is 3.78. The second kappa shape index (κ2) is 5.09. The Hall–Kier alpha value is -0.130. The third-order valence-electron chi connectivity index (χ3n) is 2.30. The molecule has 1 aromatic rings. The van der Waals surface area contributed by atoms with Crippen LogP contribution >= 0.6 is 23.3 Å². The molecule has 3 nitrogen and oxygen atoms in total. The zero-order valence-corrected chi connectivity index (χ0v) is 9.96. The topological polar surface area (TPSA) is 37.8 Å². The van der Waals surface area contributed by atoms with Crippen LogP contribution in [-0.2, 0) is 0 Å². The van der Waals surface area contributed by atoms with Crippen molar-refractivity contribution in [3.8, 4) is 0 Å². The van der Waals surface area contributed by atoms with Gasteiger partial charge in [-0.05, 0) is 50.8 Å². The fraction of sp³-hybridized carbons (Fsp3) is 0.778. The molecule has 1 aliphatic heterocycles. The van der Waals surface area contributed by atoms with Crippen molar-refractivity contribution in [1.82, 2.24) is 14.7 Å². The van der Waals surface area contributed by atoms with Crippen LogP contribution in [0.3, 0.4) is 0 Å². The van der Waals surface area contributed by atoms with Crippen molar-refractivity contribution >= 4 is 23.3 Å². The van der Waals surface area contributed by atoms with Gasteiger partial charge in [-0.25, -0.2) is 4.98 Å². The third-order valence-corrected chi connectivity index (χ3v) is 4.51.